The van der Waals surface area contributed by atoms with Gasteiger partial charge in [0.25, 0.3) is 0 Å². The van der Waals surface area contributed by atoms with Gasteiger partial charge in [-0.2, -0.15) is 5.10 Å². The maximum atomic E-state index is 12.8. The Morgan fingerprint density at radius 2 is 1.75 bits per heavy atom. The van der Waals surface area contributed by atoms with Crippen LogP contribution in [0, 0.1) is 23.2 Å². The van der Waals surface area contributed by atoms with E-state index in [2.05, 4.69) is 10.5 Å². The lowest BCUT2D eigenvalue weighted by Gasteiger charge is -2.55. The zero-order chi connectivity index (χ0) is 16.1. The number of benzene rings is 1. The molecule has 0 unspecified atom stereocenters. The van der Waals surface area contributed by atoms with E-state index in [1.165, 1.54) is 19.3 Å². The maximum Gasteiger partial charge on any atom is 0.246 e. The van der Waals surface area contributed by atoms with E-state index in [0.717, 1.165) is 54.1 Å². The average molecular weight is 326 g/mol. The first-order valence-electron chi connectivity index (χ1n) is 8.93. The second-order valence-electron chi connectivity index (χ2n) is 8.01. The molecule has 1 N–H and O–H groups in total. The number of amides is 1. The van der Waals surface area contributed by atoms with Gasteiger partial charge in [-0.15, -0.1) is 0 Å². The predicted octanol–water partition coefficient (Wildman–Crippen LogP) is 3.08. The summed E-state index contributed by atoms with van der Waals surface area (Å²) in [6.07, 6.45) is 8.88. The van der Waals surface area contributed by atoms with Gasteiger partial charge in [-0.3, -0.25) is 4.79 Å². The molecule has 1 heterocycles. The zero-order valence-electron chi connectivity index (χ0n) is 13.7. The lowest BCUT2D eigenvalue weighted by molar-refractivity contribution is -0.146. The Hall–Kier alpha value is -2.04. The molecule has 5 heteroatoms. The number of hydrogen-bond acceptors (Lipinski definition) is 4. The minimum atomic E-state index is -0.152. The van der Waals surface area contributed by atoms with Gasteiger partial charge in [0.1, 0.15) is 0 Å². The first-order chi connectivity index (χ1) is 11.7. The fourth-order valence-corrected chi connectivity index (χ4v) is 5.67. The molecule has 24 heavy (non-hydrogen) atoms. The molecule has 4 aliphatic carbocycles. The highest BCUT2D eigenvalue weighted by Gasteiger charge is 2.54. The van der Waals surface area contributed by atoms with E-state index in [0.29, 0.717) is 0 Å². The van der Waals surface area contributed by atoms with Gasteiger partial charge in [-0.25, -0.2) is 5.43 Å². The molecule has 5 nitrogen and oxygen atoms in total. The van der Waals surface area contributed by atoms with Crippen LogP contribution in [-0.2, 0) is 4.79 Å². The molecule has 5 aliphatic rings. The minimum Gasteiger partial charge on any atom is -0.454 e. The molecule has 4 bridgehead atoms. The number of rotatable bonds is 3. The van der Waals surface area contributed by atoms with Crippen LogP contribution in [0.15, 0.2) is 23.3 Å². The summed E-state index contributed by atoms with van der Waals surface area (Å²) in [5, 5.41) is 4.20. The van der Waals surface area contributed by atoms with Crippen LogP contribution in [0.4, 0.5) is 0 Å². The third kappa shape index (κ3) is 2.29. The zero-order valence-corrected chi connectivity index (χ0v) is 13.7. The summed E-state index contributed by atoms with van der Waals surface area (Å²) in [6, 6.07) is 5.65. The Bertz CT molecular complexity index is 677. The van der Waals surface area contributed by atoms with Crippen LogP contribution in [0.2, 0.25) is 0 Å². The molecule has 1 amide bonds. The van der Waals surface area contributed by atoms with E-state index >= 15 is 0 Å². The molecule has 1 aliphatic heterocycles. The van der Waals surface area contributed by atoms with Gasteiger partial charge < -0.3 is 9.47 Å². The van der Waals surface area contributed by atoms with Gasteiger partial charge in [0, 0.05) is 0 Å². The Kier molecular flexibility index (Phi) is 3.12. The van der Waals surface area contributed by atoms with Crippen molar-refractivity contribution in [3.63, 3.8) is 0 Å². The molecular formula is C19H22N2O3. The molecule has 4 fully saturated rings. The molecule has 0 saturated heterocycles. The number of fused-ring (bicyclic) bond motifs is 1. The third-order valence-corrected chi connectivity index (χ3v) is 6.30. The molecule has 0 spiro atoms. The quantitative estimate of drug-likeness (QED) is 0.686. The summed E-state index contributed by atoms with van der Waals surface area (Å²) in [5.74, 6) is 3.90. The van der Waals surface area contributed by atoms with E-state index < -0.39 is 0 Å². The number of carbonyl (C=O) groups excluding carboxylic acids is 1. The lowest BCUT2D eigenvalue weighted by atomic mass is 9.49. The van der Waals surface area contributed by atoms with Crippen molar-refractivity contribution in [1.82, 2.24) is 5.43 Å². The Balaban J connectivity index is 1.27. The molecule has 1 aromatic carbocycles. The maximum absolute atomic E-state index is 12.8. The Morgan fingerprint density at radius 3 is 2.46 bits per heavy atom. The van der Waals surface area contributed by atoms with Gasteiger partial charge in [0.2, 0.25) is 12.7 Å². The van der Waals surface area contributed by atoms with Crippen LogP contribution in [0.1, 0.15) is 44.1 Å². The van der Waals surface area contributed by atoms with Gasteiger partial charge in [-0.1, -0.05) is 0 Å². The molecule has 6 rings (SSSR count). The fourth-order valence-electron chi connectivity index (χ4n) is 5.67. The second kappa shape index (κ2) is 5.23. The fraction of sp³-hybridized carbons (Fsp3) is 0.579. The first kappa shape index (κ1) is 14.3. The van der Waals surface area contributed by atoms with E-state index in [1.54, 1.807) is 6.21 Å². The number of hydrazone groups is 1. The van der Waals surface area contributed by atoms with Crippen LogP contribution in [0.5, 0.6) is 11.5 Å². The molecule has 0 radical (unpaired) electrons. The van der Waals surface area contributed by atoms with E-state index in [-0.39, 0.29) is 18.1 Å². The molecule has 4 saturated carbocycles. The van der Waals surface area contributed by atoms with Crippen LogP contribution in [-0.4, -0.2) is 18.9 Å². The summed E-state index contributed by atoms with van der Waals surface area (Å²) in [4.78, 5) is 12.8. The second-order valence-corrected chi connectivity index (χ2v) is 8.01. The SMILES string of the molecule is O=C(N/N=C/c1ccc2c(c1)OCO2)C12CC3CC(CC(C3)C1)C2. The van der Waals surface area contributed by atoms with Crippen LogP contribution >= 0.6 is 0 Å². The van der Waals surface area contributed by atoms with Gasteiger partial charge >= 0.3 is 0 Å². The molecule has 0 aromatic heterocycles. The van der Waals surface area contributed by atoms with E-state index in [1.807, 2.05) is 18.2 Å². The summed E-state index contributed by atoms with van der Waals surface area (Å²) in [6.45, 7) is 0.263. The minimum absolute atomic E-state index is 0.124. The monoisotopic (exact) mass is 326 g/mol. The van der Waals surface area contributed by atoms with Gasteiger partial charge in [0.05, 0.1) is 11.6 Å². The van der Waals surface area contributed by atoms with Crippen molar-refractivity contribution in [2.75, 3.05) is 6.79 Å². The summed E-state index contributed by atoms with van der Waals surface area (Å²) in [5.41, 5.74) is 3.56. The molecule has 0 atom stereocenters. The smallest absolute Gasteiger partial charge is 0.246 e. The van der Waals surface area contributed by atoms with E-state index in [9.17, 15) is 4.79 Å². The average Bonchev–Trinajstić information content (AvgIpc) is 3.01. The predicted molar refractivity (Wildman–Crippen MR) is 88.9 cm³/mol. The number of nitrogens with one attached hydrogen (secondary N) is 1. The van der Waals surface area contributed by atoms with Crippen LogP contribution in [0.25, 0.3) is 0 Å². The normalized spacial score (nSPS) is 35.6. The molecule has 1 aromatic rings. The summed E-state index contributed by atoms with van der Waals surface area (Å²) in [7, 11) is 0. The van der Waals surface area contributed by atoms with Crippen molar-refractivity contribution >= 4 is 12.1 Å². The van der Waals surface area contributed by atoms with Crippen molar-refractivity contribution < 1.29 is 14.3 Å². The molecule has 126 valence electrons. The molecular weight excluding hydrogens is 304 g/mol. The van der Waals surface area contributed by atoms with Crippen molar-refractivity contribution in [3.05, 3.63) is 23.8 Å². The van der Waals surface area contributed by atoms with Crippen molar-refractivity contribution in [2.24, 2.45) is 28.3 Å². The highest BCUT2D eigenvalue weighted by Crippen LogP contribution is 2.60. The highest BCUT2D eigenvalue weighted by atomic mass is 16.7. The Morgan fingerprint density at radius 1 is 1.08 bits per heavy atom. The van der Waals surface area contributed by atoms with Crippen LogP contribution < -0.4 is 14.9 Å². The van der Waals surface area contributed by atoms with Crippen molar-refractivity contribution in [1.29, 1.82) is 0 Å². The largest absolute Gasteiger partial charge is 0.454 e. The number of hydrogen-bond donors (Lipinski definition) is 1. The third-order valence-electron chi connectivity index (χ3n) is 6.30. The number of nitrogens with zero attached hydrogens (tertiary/aromatic N) is 1. The first-order valence-corrected chi connectivity index (χ1v) is 8.93. The van der Waals surface area contributed by atoms with Gasteiger partial charge in [-0.05, 0) is 80.0 Å². The summed E-state index contributed by atoms with van der Waals surface area (Å²) < 4.78 is 10.7. The lowest BCUT2D eigenvalue weighted by Crippen LogP contribution is -2.52. The van der Waals surface area contributed by atoms with Gasteiger partial charge in [0.15, 0.2) is 11.5 Å². The topological polar surface area (TPSA) is 59.9 Å². The Labute approximate surface area is 141 Å². The highest BCUT2D eigenvalue weighted by molar-refractivity contribution is 5.86. The van der Waals surface area contributed by atoms with Crippen LogP contribution in [0.3, 0.4) is 0 Å². The van der Waals surface area contributed by atoms with Crippen molar-refractivity contribution in [2.45, 2.75) is 38.5 Å². The van der Waals surface area contributed by atoms with E-state index in [4.69, 9.17) is 9.47 Å². The summed E-state index contributed by atoms with van der Waals surface area (Å²) >= 11 is 0. The standard InChI is InChI=1S/C19H22N2O3/c22-18(19-7-13-3-14(8-19)5-15(4-13)9-19)21-20-10-12-1-2-16-17(6-12)24-11-23-16/h1-2,6,10,13-15H,3-5,7-9,11H2,(H,21,22)/b20-10+. The number of carbonyl (C=O) groups is 1. The van der Waals surface area contributed by atoms with Crippen molar-refractivity contribution in [3.8, 4) is 11.5 Å². The number of ether oxygens (including phenoxy) is 2.